The summed E-state index contributed by atoms with van der Waals surface area (Å²) < 4.78 is 5.38. The van der Waals surface area contributed by atoms with Crippen LogP contribution in [0, 0.1) is 0 Å². The first kappa shape index (κ1) is 20.0. The number of nitrogens with zero attached hydrogens (tertiary/aromatic N) is 1. The van der Waals surface area contributed by atoms with E-state index in [4.69, 9.17) is 28.6 Å². The molecule has 0 unspecified atom stereocenters. The highest BCUT2D eigenvalue weighted by molar-refractivity contribution is 7.80. The predicted octanol–water partition coefficient (Wildman–Crippen LogP) is 4.08. The molecule has 0 saturated carbocycles. The van der Waals surface area contributed by atoms with E-state index in [0.29, 0.717) is 10.8 Å². The normalized spacial score (nSPS) is 10.1. The Kier molecular flexibility index (Phi) is 7.69. The summed E-state index contributed by atoms with van der Waals surface area (Å²) in [6.07, 6.45) is 0. The minimum absolute atomic E-state index is 0.135. The number of amides is 1. The fraction of sp³-hybridized carbons (Fsp3) is 0.263. The van der Waals surface area contributed by atoms with Crippen molar-refractivity contribution in [2.75, 3.05) is 29.9 Å². The molecule has 0 bridgehead atoms. The molecule has 0 aliphatic carbocycles. The van der Waals surface area contributed by atoms with Crippen molar-refractivity contribution in [2.45, 2.75) is 13.8 Å². The molecule has 2 aromatic carbocycles. The first-order chi connectivity index (χ1) is 12.5. The number of thiocarbonyl (C=S) groups is 1. The highest BCUT2D eigenvalue weighted by atomic mass is 35.5. The quantitative estimate of drug-likeness (QED) is 0.696. The number of carbonyl (C=O) groups is 1. The molecule has 2 N–H and O–H groups in total. The van der Waals surface area contributed by atoms with Gasteiger partial charge in [-0.3, -0.25) is 10.1 Å². The number of halogens is 1. The highest BCUT2D eigenvalue weighted by Gasteiger charge is 2.07. The lowest BCUT2D eigenvalue weighted by atomic mass is 10.2. The van der Waals surface area contributed by atoms with E-state index >= 15 is 0 Å². The molecule has 0 atom stereocenters. The molecule has 1 amide bonds. The third-order valence-corrected chi connectivity index (χ3v) is 4.15. The van der Waals surface area contributed by atoms with Gasteiger partial charge in [-0.05, 0) is 74.6 Å². The Balaban J connectivity index is 1.80. The molecule has 2 rings (SSSR count). The van der Waals surface area contributed by atoms with Crippen LogP contribution in [0.2, 0.25) is 5.02 Å². The van der Waals surface area contributed by atoms with Crippen molar-refractivity contribution in [1.82, 2.24) is 5.32 Å². The van der Waals surface area contributed by atoms with Gasteiger partial charge in [0.1, 0.15) is 5.75 Å². The summed E-state index contributed by atoms with van der Waals surface area (Å²) in [5.74, 6) is 0.229. The Morgan fingerprint density at radius 1 is 1.08 bits per heavy atom. The van der Waals surface area contributed by atoms with Crippen LogP contribution >= 0.6 is 23.8 Å². The van der Waals surface area contributed by atoms with Gasteiger partial charge in [-0.1, -0.05) is 11.6 Å². The molecule has 138 valence electrons. The van der Waals surface area contributed by atoms with Crippen molar-refractivity contribution in [3.8, 4) is 5.75 Å². The standard InChI is InChI=1S/C19H22ClN3O2S/c1-3-23(4-2)16-9-7-15(8-10-16)21-19(26)22-18(24)13-25-17-11-5-14(20)6-12-17/h5-12H,3-4,13H2,1-2H3,(H2,21,22,24,26). The SMILES string of the molecule is CCN(CC)c1ccc(NC(=S)NC(=O)COc2ccc(Cl)cc2)cc1. The second-order valence-corrected chi connectivity index (χ2v) is 6.31. The Labute approximate surface area is 164 Å². The molecular formula is C19H22ClN3O2S. The number of ether oxygens (including phenoxy) is 1. The fourth-order valence-electron chi connectivity index (χ4n) is 2.35. The van der Waals surface area contributed by atoms with Gasteiger partial charge in [0.25, 0.3) is 5.91 Å². The number of nitrogens with one attached hydrogen (secondary N) is 2. The predicted molar refractivity (Wildman–Crippen MR) is 111 cm³/mol. The summed E-state index contributed by atoms with van der Waals surface area (Å²) in [5.41, 5.74) is 1.96. The van der Waals surface area contributed by atoms with E-state index in [1.165, 1.54) is 0 Å². The lowest BCUT2D eigenvalue weighted by Crippen LogP contribution is -2.37. The number of anilines is 2. The third kappa shape index (κ3) is 6.20. The Bertz CT molecular complexity index is 731. The maximum absolute atomic E-state index is 11.9. The number of hydrogen-bond acceptors (Lipinski definition) is 4. The van der Waals surface area contributed by atoms with Gasteiger partial charge < -0.3 is 15.0 Å². The summed E-state index contributed by atoms with van der Waals surface area (Å²) >= 11 is 11.0. The molecule has 7 heteroatoms. The summed E-state index contributed by atoms with van der Waals surface area (Å²) in [6, 6.07) is 14.7. The van der Waals surface area contributed by atoms with Gasteiger partial charge in [0.15, 0.2) is 11.7 Å². The van der Waals surface area contributed by atoms with Crippen LogP contribution in [0.15, 0.2) is 48.5 Å². The van der Waals surface area contributed by atoms with Crippen LogP contribution in [0.4, 0.5) is 11.4 Å². The third-order valence-electron chi connectivity index (χ3n) is 3.69. The van der Waals surface area contributed by atoms with Crippen LogP contribution < -0.4 is 20.3 Å². The van der Waals surface area contributed by atoms with E-state index in [9.17, 15) is 4.79 Å². The molecule has 26 heavy (non-hydrogen) atoms. The largest absolute Gasteiger partial charge is 0.484 e. The summed E-state index contributed by atoms with van der Waals surface area (Å²) in [7, 11) is 0. The van der Waals surface area contributed by atoms with Crippen LogP contribution in [0.3, 0.4) is 0 Å². The maximum atomic E-state index is 11.9. The number of carbonyl (C=O) groups excluding carboxylic acids is 1. The van der Waals surface area contributed by atoms with Crippen molar-refractivity contribution in [2.24, 2.45) is 0 Å². The van der Waals surface area contributed by atoms with Gasteiger partial charge in [0.2, 0.25) is 0 Å². The number of hydrogen-bond donors (Lipinski definition) is 2. The first-order valence-electron chi connectivity index (χ1n) is 8.36. The molecule has 0 heterocycles. The van der Waals surface area contributed by atoms with Gasteiger partial charge in [-0.2, -0.15) is 0 Å². The molecule has 0 aliphatic rings. The number of rotatable bonds is 7. The Hall–Kier alpha value is -2.31. The van der Waals surface area contributed by atoms with E-state index < -0.39 is 0 Å². The summed E-state index contributed by atoms with van der Waals surface area (Å²) in [5, 5.41) is 6.42. The van der Waals surface area contributed by atoms with Gasteiger partial charge in [0, 0.05) is 29.5 Å². The average Bonchev–Trinajstić information content (AvgIpc) is 2.63. The van der Waals surface area contributed by atoms with E-state index in [1.807, 2.05) is 24.3 Å². The van der Waals surface area contributed by atoms with Crippen molar-refractivity contribution >= 4 is 46.2 Å². The molecule has 0 aliphatic heterocycles. The number of benzene rings is 2. The summed E-state index contributed by atoms with van der Waals surface area (Å²) in [6.45, 7) is 6.00. The Morgan fingerprint density at radius 3 is 2.27 bits per heavy atom. The van der Waals surface area contributed by atoms with Crippen LogP contribution in [-0.4, -0.2) is 30.7 Å². The fourth-order valence-corrected chi connectivity index (χ4v) is 2.71. The minimum Gasteiger partial charge on any atom is -0.484 e. The van der Waals surface area contributed by atoms with E-state index in [1.54, 1.807) is 24.3 Å². The zero-order valence-electron chi connectivity index (χ0n) is 14.8. The molecule has 5 nitrogen and oxygen atoms in total. The maximum Gasteiger partial charge on any atom is 0.264 e. The lowest BCUT2D eigenvalue weighted by molar-refractivity contribution is -0.121. The topological polar surface area (TPSA) is 53.6 Å². The van der Waals surface area contributed by atoms with Crippen molar-refractivity contribution < 1.29 is 9.53 Å². The molecule has 0 fully saturated rings. The Morgan fingerprint density at radius 2 is 1.69 bits per heavy atom. The van der Waals surface area contributed by atoms with Gasteiger partial charge in [-0.15, -0.1) is 0 Å². The molecule has 0 aromatic heterocycles. The van der Waals surface area contributed by atoms with Crippen LogP contribution in [0.5, 0.6) is 5.75 Å². The first-order valence-corrected chi connectivity index (χ1v) is 9.14. The highest BCUT2D eigenvalue weighted by Crippen LogP contribution is 2.18. The second-order valence-electron chi connectivity index (χ2n) is 5.46. The van der Waals surface area contributed by atoms with Crippen molar-refractivity contribution in [3.63, 3.8) is 0 Å². The molecule has 0 spiro atoms. The van der Waals surface area contributed by atoms with Crippen molar-refractivity contribution in [3.05, 3.63) is 53.6 Å². The van der Waals surface area contributed by atoms with Gasteiger partial charge in [-0.25, -0.2) is 0 Å². The molecule has 2 aromatic rings. The monoisotopic (exact) mass is 391 g/mol. The zero-order chi connectivity index (χ0) is 18.9. The van der Waals surface area contributed by atoms with Crippen molar-refractivity contribution in [1.29, 1.82) is 0 Å². The van der Waals surface area contributed by atoms with Crippen LogP contribution in [-0.2, 0) is 4.79 Å². The van der Waals surface area contributed by atoms with Crippen LogP contribution in [0.25, 0.3) is 0 Å². The molecule has 0 saturated heterocycles. The average molecular weight is 392 g/mol. The minimum atomic E-state index is -0.336. The van der Waals surface area contributed by atoms with Gasteiger partial charge >= 0.3 is 0 Å². The summed E-state index contributed by atoms with van der Waals surface area (Å²) in [4.78, 5) is 14.2. The van der Waals surface area contributed by atoms with Crippen LogP contribution in [0.1, 0.15) is 13.8 Å². The lowest BCUT2D eigenvalue weighted by Gasteiger charge is -2.21. The van der Waals surface area contributed by atoms with E-state index in [2.05, 4.69) is 29.4 Å². The molecule has 0 radical (unpaired) electrons. The zero-order valence-corrected chi connectivity index (χ0v) is 16.4. The smallest absolute Gasteiger partial charge is 0.264 e. The molecular weight excluding hydrogens is 370 g/mol. The van der Waals surface area contributed by atoms with E-state index in [0.717, 1.165) is 24.5 Å². The van der Waals surface area contributed by atoms with E-state index in [-0.39, 0.29) is 17.6 Å². The second kappa shape index (κ2) is 9.99. The van der Waals surface area contributed by atoms with Gasteiger partial charge in [0.05, 0.1) is 0 Å².